The number of carbonyl (C=O) groups is 2. The molecule has 2 atom stereocenters. The maximum Gasteiger partial charge on any atom is 0.413 e. The van der Waals surface area contributed by atoms with E-state index in [1.807, 2.05) is 118 Å². The number of amides is 2. The van der Waals surface area contributed by atoms with E-state index in [9.17, 15) is 9.59 Å². The molecule has 2 N–H and O–H groups in total. The smallest absolute Gasteiger partial charge is 0.413 e. The Balaban J connectivity index is 1.39. The Hall–Kier alpha value is -1.98. The van der Waals surface area contributed by atoms with Crippen LogP contribution in [0.5, 0.6) is 0 Å². The zero-order valence-corrected chi connectivity index (χ0v) is 37.3. The molecule has 14 heteroatoms. The predicted octanol–water partition coefficient (Wildman–Crippen LogP) is 10.5. The molecule has 2 fully saturated rings. The average Bonchev–Trinajstić information content (AvgIpc) is 3.47. The number of nitrogens with zero attached hydrogens (tertiary/aromatic N) is 2. The first kappa shape index (κ1) is 42.8. The van der Waals surface area contributed by atoms with Crippen molar-refractivity contribution in [3.05, 3.63) is 65.8 Å². The summed E-state index contributed by atoms with van der Waals surface area (Å²) < 4.78 is 25.0. The first-order valence-corrected chi connectivity index (χ1v) is 20.0. The number of rotatable bonds is 9. The van der Waals surface area contributed by atoms with Crippen molar-refractivity contribution in [3.63, 3.8) is 0 Å². The number of carbonyl (C=O) groups excluding carboxylic acids is 2. The maximum atomic E-state index is 12.9. The van der Waals surface area contributed by atoms with Crippen LogP contribution in [0.2, 0.25) is 10.0 Å². The van der Waals surface area contributed by atoms with Gasteiger partial charge in [0.1, 0.15) is 22.7 Å². The average molecular weight is 984 g/mol. The first-order chi connectivity index (χ1) is 24.0. The summed E-state index contributed by atoms with van der Waals surface area (Å²) in [5.74, 6) is 0. The second-order valence-electron chi connectivity index (χ2n) is 15.6. The highest BCUT2D eigenvalue weighted by molar-refractivity contribution is 14.1. The molecular formula is C38H50Cl2I2N4O6. The molecule has 2 heterocycles. The van der Waals surface area contributed by atoms with Crippen LogP contribution in [0.25, 0.3) is 11.1 Å². The zero-order valence-electron chi connectivity index (χ0n) is 31.5. The molecule has 0 aliphatic carbocycles. The van der Waals surface area contributed by atoms with E-state index in [-0.39, 0.29) is 12.1 Å². The van der Waals surface area contributed by atoms with Gasteiger partial charge in [-0.05, 0) is 139 Å². The standard InChI is InChI=1S/C38H50Cl2I2N4O6/c1-35(2,3)51-33(47)45-23(21-49-37(45,7)8)13-11-15-43-31-19-27(39)25(17-29(31)41)26-18-30(42)32(20-28(26)40)44-16-12-14-24-22-50-38(9,10)46(24)34(48)52-36(4,5)6/h11-14,17-20,23-24,43-44H,15-16,21-22H2,1-10H3/b13-11+,14-12+/t23-,24-/m0/s1. The SMILES string of the molecule is CC(C)(C)OC(=O)N1[C@@H](/C=C/CNc2cc(Cl)c(-c3cc(I)c(NC/C=C/[C@H]4COC(C)(C)N4C(=O)OC(C)(C)C)cc3Cl)cc2I)COC1(C)C. The number of ether oxygens (including phenoxy) is 4. The summed E-state index contributed by atoms with van der Waals surface area (Å²) in [4.78, 5) is 29.2. The van der Waals surface area contributed by atoms with Gasteiger partial charge in [0.05, 0.1) is 35.3 Å². The van der Waals surface area contributed by atoms with Crippen LogP contribution in [0.3, 0.4) is 0 Å². The molecule has 2 amide bonds. The summed E-state index contributed by atoms with van der Waals surface area (Å²) in [5.41, 5.74) is 0.646. The predicted molar refractivity (Wildman–Crippen MR) is 226 cm³/mol. The van der Waals surface area contributed by atoms with Crippen molar-refractivity contribution in [3.8, 4) is 11.1 Å². The second kappa shape index (κ2) is 16.8. The fourth-order valence-electron chi connectivity index (χ4n) is 5.85. The quantitative estimate of drug-likeness (QED) is 0.189. The molecule has 0 aromatic heterocycles. The molecule has 0 radical (unpaired) electrons. The lowest BCUT2D eigenvalue weighted by Gasteiger charge is -2.34. The van der Waals surface area contributed by atoms with Gasteiger partial charge in [0.25, 0.3) is 0 Å². The largest absolute Gasteiger partial charge is 0.444 e. The van der Waals surface area contributed by atoms with Gasteiger partial charge in [-0.25, -0.2) is 9.59 Å². The van der Waals surface area contributed by atoms with Gasteiger partial charge in [-0.2, -0.15) is 0 Å². The number of benzene rings is 2. The topological polar surface area (TPSA) is 102 Å². The Morgan fingerprint density at radius 1 is 0.750 bits per heavy atom. The molecule has 2 aliphatic rings. The number of hydrogen-bond donors (Lipinski definition) is 2. The van der Waals surface area contributed by atoms with E-state index >= 15 is 0 Å². The van der Waals surface area contributed by atoms with Crippen molar-refractivity contribution in [1.82, 2.24) is 9.80 Å². The number of anilines is 2. The van der Waals surface area contributed by atoms with E-state index in [2.05, 4.69) is 55.8 Å². The van der Waals surface area contributed by atoms with E-state index in [0.717, 1.165) is 29.6 Å². The highest BCUT2D eigenvalue weighted by Gasteiger charge is 2.45. The van der Waals surface area contributed by atoms with Gasteiger partial charge >= 0.3 is 12.2 Å². The summed E-state index contributed by atoms with van der Waals surface area (Å²) in [5, 5.41) is 7.97. The van der Waals surface area contributed by atoms with Crippen LogP contribution in [-0.4, -0.2) is 83.0 Å². The monoisotopic (exact) mass is 982 g/mol. The number of hydrogen-bond acceptors (Lipinski definition) is 8. The first-order valence-electron chi connectivity index (χ1n) is 17.1. The lowest BCUT2D eigenvalue weighted by atomic mass is 10.0. The summed E-state index contributed by atoms with van der Waals surface area (Å²) in [7, 11) is 0. The van der Waals surface area contributed by atoms with Gasteiger partial charge in [0.2, 0.25) is 0 Å². The minimum Gasteiger partial charge on any atom is -0.444 e. The molecule has 286 valence electrons. The van der Waals surface area contributed by atoms with E-state index < -0.39 is 34.8 Å². The second-order valence-corrected chi connectivity index (χ2v) is 18.7. The molecule has 2 saturated heterocycles. The zero-order chi connectivity index (χ0) is 38.8. The fourth-order valence-corrected chi connectivity index (χ4v) is 7.69. The van der Waals surface area contributed by atoms with E-state index in [0.29, 0.717) is 36.3 Å². The van der Waals surface area contributed by atoms with Crippen LogP contribution in [0.1, 0.15) is 69.2 Å². The van der Waals surface area contributed by atoms with Crippen LogP contribution in [-0.2, 0) is 18.9 Å². The van der Waals surface area contributed by atoms with Crippen molar-refractivity contribution in [2.24, 2.45) is 0 Å². The van der Waals surface area contributed by atoms with Crippen LogP contribution in [0, 0.1) is 7.14 Å². The molecule has 10 nitrogen and oxygen atoms in total. The van der Waals surface area contributed by atoms with Gasteiger partial charge in [0, 0.05) is 42.7 Å². The summed E-state index contributed by atoms with van der Waals surface area (Å²) in [6, 6.07) is 7.33. The van der Waals surface area contributed by atoms with Gasteiger partial charge in [-0.3, -0.25) is 9.80 Å². The van der Waals surface area contributed by atoms with Gasteiger partial charge in [-0.1, -0.05) is 47.5 Å². The molecule has 0 spiro atoms. The minimum atomic E-state index is -0.774. The van der Waals surface area contributed by atoms with Crippen molar-refractivity contribution < 1.29 is 28.5 Å². The summed E-state index contributed by atoms with van der Waals surface area (Å²) in [6.45, 7) is 20.3. The van der Waals surface area contributed by atoms with Crippen molar-refractivity contribution >= 4 is 91.9 Å². The number of halogens is 4. The fraction of sp³-hybridized carbons (Fsp3) is 0.526. The highest BCUT2D eigenvalue weighted by atomic mass is 127. The maximum absolute atomic E-state index is 12.9. The third kappa shape index (κ3) is 11.0. The van der Waals surface area contributed by atoms with Crippen LogP contribution in [0.4, 0.5) is 21.0 Å². The molecular weight excluding hydrogens is 933 g/mol. The Bertz CT molecular complexity index is 1580. The Morgan fingerprint density at radius 3 is 1.42 bits per heavy atom. The molecule has 52 heavy (non-hydrogen) atoms. The third-order valence-corrected chi connectivity index (χ3v) is 10.6. The molecule has 0 saturated carbocycles. The minimum absolute atomic E-state index is 0.251. The molecule has 2 aliphatic heterocycles. The van der Waals surface area contributed by atoms with Crippen LogP contribution in [0.15, 0.2) is 48.6 Å². The van der Waals surface area contributed by atoms with E-state index in [4.69, 9.17) is 42.1 Å². The third-order valence-electron chi connectivity index (χ3n) is 8.16. The van der Waals surface area contributed by atoms with Gasteiger partial charge in [-0.15, -0.1) is 0 Å². The van der Waals surface area contributed by atoms with Crippen LogP contribution >= 0.6 is 68.4 Å². The molecule has 2 aromatic rings. The van der Waals surface area contributed by atoms with E-state index in [1.165, 1.54) is 0 Å². The normalized spacial score (nSPS) is 20.2. The van der Waals surface area contributed by atoms with Crippen LogP contribution < -0.4 is 10.6 Å². The molecule has 0 unspecified atom stereocenters. The van der Waals surface area contributed by atoms with Crippen molar-refractivity contribution in [1.29, 1.82) is 0 Å². The molecule has 4 rings (SSSR count). The Kier molecular flexibility index (Phi) is 13.8. The summed E-state index contributed by atoms with van der Waals surface area (Å²) >= 11 is 18.3. The van der Waals surface area contributed by atoms with Crippen molar-refractivity contribution in [2.45, 2.75) is 104 Å². The lowest BCUT2D eigenvalue weighted by Crippen LogP contribution is -2.49. The summed E-state index contributed by atoms with van der Waals surface area (Å²) in [6.07, 6.45) is 7.06. The lowest BCUT2D eigenvalue weighted by molar-refractivity contribution is -0.0621. The van der Waals surface area contributed by atoms with E-state index in [1.54, 1.807) is 9.80 Å². The van der Waals surface area contributed by atoms with Gasteiger partial charge in [0.15, 0.2) is 0 Å². The number of nitrogens with one attached hydrogen (secondary N) is 2. The Morgan fingerprint density at radius 2 is 1.10 bits per heavy atom. The van der Waals surface area contributed by atoms with Gasteiger partial charge < -0.3 is 29.6 Å². The molecule has 2 aromatic carbocycles. The highest BCUT2D eigenvalue weighted by Crippen LogP contribution is 2.40. The molecule has 0 bridgehead atoms. The Labute approximate surface area is 345 Å². The van der Waals surface area contributed by atoms with Crippen molar-refractivity contribution in [2.75, 3.05) is 36.9 Å².